The van der Waals surface area contributed by atoms with Crippen molar-refractivity contribution in [1.82, 2.24) is 0 Å². The Morgan fingerprint density at radius 1 is 1.37 bits per heavy atom. The van der Waals surface area contributed by atoms with Gasteiger partial charge in [0.2, 0.25) is 0 Å². The molecule has 0 N–H and O–H groups in total. The maximum absolute atomic E-state index is 13.9. The largest absolute Gasteiger partial charge is 0.293 e. The lowest BCUT2D eigenvalue weighted by atomic mass is 9.73. The molecule has 0 bridgehead atoms. The number of halogens is 2. The van der Waals surface area contributed by atoms with E-state index in [2.05, 4.69) is 29.8 Å². The zero-order valence-electron chi connectivity index (χ0n) is 11.5. The summed E-state index contributed by atoms with van der Waals surface area (Å²) in [4.78, 5) is 12.8. The van der Waals surface area contributed by atoms with Crippen LogP contribution in [0.2, 0.25) is 0 Å². The normalized spacial score (nSPS) is 17.9. The lowest BCUT2D eigenvalue weighted by Gasteiger charge is -2.29. The van der Waals surface area contributed by atoms with Gasteiger partial charge in [0.15, 0.2) is 5.78 Å². The summed E-state index contributed by atoms with van der Waals surface area (Å²) in [7, 11) is 0. The minimum Gasteiger partial charge on any atom is -0.293 e. The molecule has 1 aliphatic carbocycles. The fourth-order valence-electron chi connectivity index (χ4n) is 3.31. The summed E-state index contributed by atoms with van der Waals surface area (Å²) in [6.45, 7) is 4.26. The van der Waals surface area contributed by atoms with Crippen LogP contribution in [-0.2, 0) is 0 Å². The number of hydrogen-bond acceptors (Lipinski definition) is 1. The van der Waals surface area contributed by atoms with E-state index < -0.39 is 5.82 Å². The highest BCUT2D eigenvalue weighted by atomic mass is 79.9. The summed E-state index contributed by atoms with van der Waals surface area (Å²) < 4.78 is 14.7. The quantitative estimate of drug-likeness (QED) is 0.679. The van der Waals surface area contributed by atoms with Gasteiger partial charge in [-0.3, -0.25) is 4.79 Å². The van der Waals surface area contributed by atoms with Crippen LogP contribution >= 0.6 is 15.9 Å². The summed E-state index contributed by atoms with van der Waals surface area (Å²) in [6, 6.07) is 4.63. The van der Waals surface area contributed by atoms with E-state index in [-0.39, 0.29) is 16.8 Å². The van der Waals surface area contributed by atoms with Gasteiger partial charge in [0, 0.05) is 9.89 Å². The Morgan fingerprint density at radius 3 is 2.58 bits per heavy atom. The molecule has 1 aromatic carbocycles. The first-order chi connectivity index (χ1) is 8.94. The van der Waals surface area contributed by atoms with Crippen LogP contribution in [-0.4, -0.2) is 5.78 Å². The number of hydrogen-bond donors (Lipinski definition) is 0. The SMILES string of the molecule is CC(C)CC1(C(=O)c2cc(Br)ccc2F)CCCC1. The van der Waals surface area contributed by atoms with Crippen molar-refractivity contribution in [1.29, 1.82) is 0 Å². The van der Waals surface area contributed by atoms with E-state index >= 15 is 0 Å². The summed E-state index contributed by atoms with van der Waals surface area (Å²) >= 11 is 3.32. The van der Waals surface area contributed by atoms with Crippen LogP contribution in [0.15, 0.2) is 22.7 Å². The van der Waals surface area contributed by atoms with Crippen molar-refractivity contribution in [3.63, 3.8) is 0 Å². The van der Waals surface area contributed by atoms with Gasteiger partial charge in [0.05, 0.1) is 5.56 Å². The molecule has 0 saturated heterocycles. The molecule has 0 heterocycles. The Kier molecular flexibility index (Phi) is 4.44. The Labute approximate surface area is 122 Å². The molecule has 0 amide bonds. The van der Waals surface area contributed by atoms with Crippen LogP contribution in [0.1, 0.15) is 56.3 Å². The molecule has 1 nitrogen and oxygen atoms in total. The Balaban J connectivity index is 2.37. The average Bonchev–Trinajstić information content (AvgIpc) is 2.80. The van der Waals surface area contributed by atoms with Gasteiger partial charge in [0.25, 0.3) is 0 Å². The highest BCUT2D eigenvalue weighted by Crippen LogP contribution is 2.46. The fraction of sp³-hybridized carbons (Fsp3) is 0.562. The second kappa shape index (κ2) is 5.74. The van der Waals surface area contributed by atoms with Gasteiger partial charge in [0.1, 0.15) is 5.82 Å². The highest BCUT2D eigenvalue weighted by molar-refractivity contribution is 9.10. The number of carbonyl (C=O) groups is 1. The van der Waals surface area contributed by atoms with Crippen LogP contribution in [0.5, 0.6) is 0 Å². The van der Waals surface area contributed by atoms with E-state index in [0.29, 0.717) is 5.92 Å². The van der Waals surface area contributed by atoms with Gasteiger partial charge in [-0.15, -0.1) is 0 Å². The topological polar surface area (TPSA) is 17.1 Å². The van der Waals surface area contributed by atoms with Gasteiger partial charge < -0.3 is 0 Å². The van der Waals surface area contributed by atoms with E-state index in [9.17, 15) is 9.18 Å². The van der Waals surface area contributed by atoms with Crippen molar-refractivity contribution in [3.8, 4) is 0 Å². The molecule has 1 saturated carbocycles. The molecule has 0 spiro atoms. The molecule has 1 fully saturated rings. The molecule has 0 unspecified atom stereocenters. The molecule has 19 heavy (non-hydrogen) atoms. The molecule has 2 rings (SSSR count). The van der Waals surface area contributed by atoms with Crippen molar-refractivity contribution in [2.75, 3.05) is 0 Å². The summed E-state index contributed by atoms with van der Waals surface area (Å²) in [5, 5.41) is 0. The smallest absolute Gasteiger partial charge is 0.171 e. The molecule has 3 heteroatoms. The Hall–Kier alpha value is -0.700. The number of rotatable bonds is 4. The monoisotopic (exact) mass is 326 g/mol. The van der Waals surface area contributed by atoms with E-state index in [1.165, 1.54) is 6.07 Å². The third-order valence-corrected chi connectivity index (χ3v) is 4.51. The molecule has 0 aromatic heterocycles. The standard InChI is InChI=1S/C16H20BrFO/c1-11(2)10-16(7-3-4-8-16)15(19)13-9-12(17)5-6-14(13)18/h5-6,9,11H,3-4,7-8,10H2,1-2H3. The molecular weight excluding hydrogens is 307 g/mol. The molecule has 104 valence electrons. The minimum atomic E-state index is -0.400. The van der Waals surface area contributed by atoms with Crippen LogP contribution < -0.4 is 0 Å². The second-order valence-electron chi connectivity index (χ2n) is 6.04. The van der Waals surface area contributed by atoms with Gasteiger partial charge in [-0.2, -0.15) is 0 Å². The van der Waals surface area contributed by atoms with Crippen molar-refractivity contribution in [3.05, 3.63) is 34.1 Å². The van der Waals surface area contributed by atoms with Crippen molar-refractivity contribution in [2.24, 2.45) is 11.3 Å². The molecule has 0 radical (unpaired) electrons. The zero-order chi connectivity index (χ0) is 14.0. The Morgan fingerprint density at radius 2 is 2.00 bits per heavy atom. The molecule has 1 aliphatic rings. The first-order valence-corrected chi connectivity index (χ1v) is 7.74. The third kappa shape index (κ3) is 3.07. The van der Waals surface area contributed by atoms with Crippen molar-refractivity contribution < 1.29 is 9.18 Å². The van der Waals surface area contributed by atoms with E-state index in [1.54, 1.807) is 12.1 Å². The first kappa shape index (κ1) is 14.7. The summed E-state index contributed by atoms with van der Waals surface area (Å²) in [5.41, 5.74) is -0.0903. The number of carbonyl (C=O) groups excluding carboxylic acids is 1. The predicted octanol–water partition coefficient (Wildman–Crippen LogP) is 5.38. The van der Waals surface area contributed by atoms with Crippen LogP contribution in [0.25, 0.3) is 0 Å². The van der Waals surface area contributed by atoms with E-state index in [0.717, 1.165) is 36.6 Å². The van der Waals surface area contributed by atoms with E-state index in [1.807, 2.05) is 0 Å². The van der Waals surface area contributed by atoms with Crippen LogP contribution in [0.3, 0.4) is 0 Å². The maximum atomic E-state index is 13.9. The average molecular weight is 327 g/mol. The first-order valence-electron chi connectivity index (χ1n) is 6.94. The van der Waals surface area contributed by atoms with E-state index in [4.69, 9.17) is 0 Å². The molecule has 1 aromatic rings. The molecular formula is C16H20BrFO. The Bertz CT molecular complexity index is 476. The van der Waals surface area contributed by atoms with Crippen LogP contribution in [0, 0.1) is 17.2 Å². The third-order valence-electron chi connectivity index (χ3n) is 4.01. The molecule has 0 aliphatic heterocycles. The summed E-state index contributed by atoms with van der Waals surface area (Å²) in [5.74, 6) is 0.0537. The van der Waals surface area contributed by atoms with Crippen molar-refractivity contribution >= 4 is 21.7 Å². The highest BCUT2D eigenvalue weighted by Gasteiger charge is 2.42. The number of ketones is 1. The van der Waals surface area contributed by atoms with Gasteiger partial charge in [-0.1, -0.05) is 42.6 Å². The maximum Gasteiger partial charge on any atom is 0.171 e. The second-order valence-corrected chi connectivity index (χ2v) is 6.95. The lowest BCUT2D eigenvalue weighted by Crippen LogP contribution is -2.30. The van der Waals surface area contributed by atoms with Crippen LogP contribution in [0.4, 0.5) is 4.39 Å². The number of benzene rings is 1. The van der Waals surface area contributed by atoms with Crippen molar-refractivity contribution in [2.45, 2.75) is 46.0 Å². The van der Waals surface area contributed by atoms with Gasteiger partial charge >= 0.3 is 0 Å². The summed E-state index contributed by atoms with van der Waals surface area (Å²) in [6.07, 6.45) is 4.81. The lowest BCUT2D eigenvalue weighted by molar-refractivity contribution is 0.0755. The molecule has 0 atom stereocenters. The fourth-order valence-corrected chi connectivity index (χ4v) is 3.68. The van der Waals surface area contributed by atoms with Gasteiger partial charge in [-0.05, 0) is 43.4 Å². The number of Topliss-reactive ketones (excluding diaryl/α,β-unsaturated/α-hetero) is 1. The van der Waals surface area contributed by atoms with Gasteiger partial charge in [-0.25, -0.2) is 4.39 Å². The predicted molar refractivity (Wildman–Crippen MR) is 78.8 cm³/mol. The zero-order valence-corrected chi connectivity index (χ0v) is 13.1. The minimum absolute atomic E-state index is 0.00231.